The fourth-order valence-corrected chi connectivity index (χ4v) is 1.52. The van der Waals surface area contributed by atoms with E-state index < -0.39 is 5.97 Å². The first-order valence-corrected chi connectivity index (χ1v) is 4.12. The predicted octanol–water partition coefficient (Wildman–Crippen LogP) is 1.37. The third-order valence-corrected chi connectivity index (χ3v) is 2.17. The van der Waals surface area contributed by atoms with Gasteiger partial charge in [0.05, 0.1) is 6.61 Å². The number of carboxylic acid groups (broad SMARTS) is 1. The highest BCUT2D eigenvalue weighted by molar-refractivity contribution is 6.30. The van der Waals surface area contributed by atoms with Crippen molar-refractivity contribution in [3.05, 3.63) is 22.5 Å². The summed E-state index contributed by atoms with van der Waals surface area (Å²) in [6, 6.07) is 1.40. The molecular formula is C8H6ClNO3. The minimum atomic E-state index is -1.10. The van der Waals surface area contributed by atoms with Crippen LogP contribution in [0, 0.1) is 0 Å². The molecule has 0 atom stereocenters. The number of aromatic carboxylic acids is 1. The molecule has 1 aliphatic rings. The van der Waals surface area contributed by atoms with Crippen molar-refractivity contribution < 1.29 is 14.6 Å². The molecule has 0 fully saturated rings. The van der Waals surface area contributed by atoms with Crippen LogP contribution in [0.15, 0.2) is 6.07 Å². The summed E-state index contributed by atoms with van der Waals surface area (Å²) in [5.41, 5.74) is 0.720. The highest BCUT2D eigenvalue weighted by atomic mass is 35.5. The molecular weight excluding hydrogens is 194 g/mol. The minimum Gasteiger partial charge on any atom is -0.493 e. The van der Waals surface area contributed by atoms with Gasteiger partial charge in [-0.1, -0.05) is 11.6 Å². The van der Waals surface area contributed by atoms with Crippen LogP contribution in [0.3, 0.4) is 0 Å². The summed E-state index contributed by atoms with van der Waals surface area (Å²) in [6.45, 7) is 0.541. The summed E-state index contributed by atoms with van der Waals surface area (Å²) >= 11 is 5.76. The Morgan fingerprint density at radius 2 is 2.46 bits per heavy atom. The lowest BCUT2D eigenvalue weighted by molar-refractivity contribution is 0.0690. The van der Waals surface area contributed by atoms with Crippen LogP contribution < -0.4 is 4.74 Å². The van der Waals surface area contributed by atoms with E-state index in [4.69, 9.17) is 21.4 Å². The zero-order chi connectivity index (χ0) is 9.42. The molecule has 4 nitrogen and oxygen atoms in total. The fraction of sp³-hybridized carbons (Fsp3) is 0.250. The summed E-state index contributed by atoms with van der Waals surface area (Å²) in [7, 11) is 0. The van der Waals surface area contributed by atoms with Crippen molar-refractivity contribution in [3.63, 3.8) is 0 Å². The van der Waals surface area contributed by atoms with Crippen LogP contribution in [0.25, 0.3) is 0 Å². The molecule has 0 aromatic carbocycles. The highest BCUT2D eigenvalue weighted by Crippen LogP contribution is 2.30. The molecule has 2 rings (SSSR count). The van der Waals surface area contributed by atoms with Gasteiger partial charge in [0.2, 0.25) is 0 Å². The fourth-order valence-electron chi connectivity index (χ4n) is 1.25. The Morgan fingerprint density at radius 3 is 3.15 bits per heavy atom. The summed E-state index contributed by atoms with van der Waals surface area (Å²) in [6.07, 6.45) is 0.696. The molecule has 0 radical (unpaired) electrons. The van der Waals surface area contributed by atoms with Crippen LogP contribution in [0.1, 0.15) is 16.1 Å². The molecule has 0 amide bonds. The minimum absolute atomic E-state index is 0.0781. The second-order valence-corrected chi connectivity index (χ2v) is 3.04. The van der Waals surface area contributed by atoms with Crippen LogP contribution in [-0.4, -0.2) is 22.7 Å². The van der Waals surface area contributed by atoms with E-state index in [2.05, 4.69) is 4.98 Å². The lowest BCUT2D eigenvalue weighted by Crippen LogP contribution is -2.01. The molecule has 2 heterocycles. The maximum Gasteiger partial charge on any atom is 0.354 e. The van der Waals surface area contributed by atoms with Crippen LogP contribution in [0.5, 0.6) is 5.75 Å². The van der Waals surface area contributed by atoms with Gasteiger partial charge in [-0.05, 0) is 0 Å². The standard InChI is InChI=1S/C8H6ClNO3/c9-7-4-1-2-13-6(4)3-5(10-7)8(11)12/h3H,1-2H2,(H,11,12). The largest absolute Gasteiger partial charge is 0.493 e. The van der Waals surface area contributed by atoms with Crippen LogP contribution in [-0.2, 0) is 6.42 Å². The van der Waals surface area contributed by atoms with Gasteiger partial charge in [0.25, 0.3) is 0 Å². The summed E-state index contributed by atoms with van der Waals surface area (Å²) in [5.74, 6) is -0.558. The number of hydrogen-bond donors (Lipinski definition) is 1. The second kappa shape index (κ2) is 2.88. The van der Waals surface area contributed by atoms with Crippen molar-refractivity contribution >= 4 is 17.6 Å². The highest BCUT2D eigenvalue weighted by Gasteiger charge is 2.19. The van der Waals surface area contributed by atoms with Gasteiger partial charge in [0.15, 0.2) is 5.69 Å². The van der Waals surface area contributed by atoms with E-state index >= 15 is 0 Å². The van der Waals surface area contributed by atoms with Gasteiger partial charge in [-0.15, -0.1) is 0 Å². The molecule has 0 aliphatic carbocycles. The lowest BCUT2D eigenvalue weighted by atomic mass is 10.2. The molecule has 1 N–H and O–H groups in total. The van der Waals surface area contributed by atoms with Gasteiger partial charge in [-0.25, -0.2) is 9.78 Å². The van der Waals surface area contributed by atoms with Crippen molar-refractivity contribution in [3.8, 4) is 5.75 Å². The zero-order valence-electron chi connectivity index (χ0n) is 6.58. The smallest absolute Gasteiger partial charge is 0.354 e. The molecule has 0 unspecified atom stereocenters. The van der Waals surface area contributed by atoms with Gasteiger partial charge >= 0.3 is 5.97 Å². The topological polar surface area (TPSA) is 59.4 Å². The first-order chi connectivity index (χ1) is 6.18. The third-order valence-electron chi connectivity index (χ3n) is 1.86. The zero-order valence-corrected chi connectivity index (χ0v) is 7.34. The Hall–Kier alpha value is -1.29. The van der Waals surface area contributed by atoms with Crippen molar-refractivity contribution in [2.24, 2.45) is 0 Å². The average Bonchev–Trinajstić information content (AvgIpc) is 2.51. The maximum absolute atomic E-state index is 10.6. The number of rotatable bonds is 1. The van der Waals surface area contributed by atoms with Crippen LogP contribution >= 0.6 is 11.6 Å². The molecule has 68 valence electrons. The van der Waals surface area contributed by atoms with Crippen molar-refractivity contribution in [1.29, 1.82) is 0 Å². The van der Waals surface area contributed by atoms with E-state index in [1.165, 1.54) is 6.07 Å². The number of fused-ring (bicyclic) bond motifs is 1. The molecule has 5 heteroatoms. The molecule has 1 aromatic heterocycles. The molecule has 0 saturated heterocycles. The number of carboxylic acids is 1. The number of nitrogens with zero attached hydrogens (tertiary/aromatic N) is 1. The third kappa shape index (κ3) is 1.33. The van der Waals surface area contributed by atoms with Gasteiger partial charge in [-0.3, -0.25) is 0 Å². The number of aromatic nitrogens is 1. The van der Waals surface area contributed by atoms with E-state index in [1.54, 1.807) is 0 Å². The lowest BCUT2D eigenvalue weighted by Gasteiger charge is -2.01. The Kier molecular flexibility index (Phi) is 1.84. The van der Waals surface area contributed by atoms with E-state index in [1.807, 2.05) is 0 Å². The Bertz CT molecular complexity index is 378. The molecule has 13 heavy (non-hydrogen) atoms. The van der Waals surface area contributed by atoms with Gasteiger partial charge in [0.1, 0.15) is 10.9 Å². The number of hydrogen-bond acceptors (Lipinski definition) is 3. The maximum atomic E-state index is 10.6. The second-order valence-electron chi connectivity index (χ2n) is 2.68. The molecule has 0 saturated carbocycles. The van der Waals surface area contributed by atoms with Gasteiger partial charge in [-0.2, -0.15) is 0 Å². The quantitative estimate of drug-likeness (QED) is 0.694. The summed E-state index contributed by atoms with van der Waals surface area (Å²) < 4.78 is 5.18. The van der Waals surface area contributed by atoms with Crippen molar-refractivity contribution in [2.75, 3.05) is 6.61 Å². The van der Waals surface area contributed by atoms with Crippen LogP contribution in [0.4, 0.5) is 0 Å². The Morgan fingerprint density at radius 1 is 1.69 bits per heavy atom. The monoisotopic (exact) mass is 199 g/mol. The number of pyridine rings is 1. The van der Waals surface area contributed by atoms with Crippen molar-refractivity contribution in [1.82, 2.24) is 4.98 Å². The van der Waals surface area contributed by atoms with E-state index in [0.717, 1.165) is 5.56 Å². The van der Waals surface area contributed by atoms with E-state index in [0.29, 0.717) is 18.8 Å². The molecule has 0 bridgehead atoms. The normalized spacial score (nSPS) is 13.6. The average molecular weight is 200 g/mol. The van der Waals surface area contributed by atoms with Gasteiger partial charge < -0.3 is 9.84 Å². The number of carbonyl (C=O) groups is 1. The first kappa shape index (κ1) is 8.31. The Labute approximate surface area is 79.1 Å². The number of ether oxygens (including phenoxy) is 1. The van der Waals surface area contributed by atoms with E-state index in [-0.39, 0.29) is 10.8 Å². The Balaban J connectivity index is 2.55. The summed E-state index contributed by atoms with van der Waals surface area (Å²) in [4.78, 5) is 14.3. The molecule has 1 aromatic rings. The first-order valence-electron chi connectivity index (χ1n) is 3.74. The van der Waals surface area contributed by atoms with Crippen LogP contribution in [0.2, 0.25) is 5.15 Å². The number of halogens is 1. The SMILES string of the molecule is O=C(O)c1cc2c(c(Cl)n1)CCO2. The summed E-state index contributed by atoms with van der Waals surface area (Å²) in [5, 5.41) is 8.89. The van der Waals surface area contributed by atoms with Gasteiger partial charge in [0, 0.05) is 18.1 Å². The predicted molar refractivity (Wildman–Crippen MR) is 45.4 cm³/mol. The molecule has 0 spiro atoms. The van der Waals surface area contributed by atoms with E-state index in [9.17, 15) is 4.79 Å². The van der Waals surface area contributed by atoms with Crippen molar-refractivity contribution in [2.45, 2.75) is 6.42 Å². The molecule has 1 aliphatic heterocycles.